The minimum atomic E-state index is -0.446. The number of fused-ring (bicyclic) bond motifs is 3. The van der Waals surface area contributed by atoms with Crippen LogP contribution in [0.5, 0.6) is 0 Å². The highest BCUT2D eigenvalue weighted by atomic mass is 19.1. The van der Waals surface area contributed by atoms with Gasteiger partial charge in [0, 0.05) is 10.8 Å². The molecule has 0 amide bonds. The minimum Gasteiger partial charge on any atom is -0.419 e. The lowest BCUT2D eigenvalue weighted by molar-refractivity contribution is 0.308. The molecule has 0 bridgehead atoms. The molecule has 0 unspecified atom stereocenters. The molecule has 1 saturated carbocycles. The standard InChI is InChI=1S/C23H25FO2/c1-3-4-15-6-8-16(9-7-15)17-10-12-18-19-11-5-14(2)21(24)22(19)26-23(25)20(18)13-17/h5,10-13,15-16H,3-4,6-9H2,1-2H3. The topological polar surface area (TPSA) is 30.2 Å². The first-order chi connectivity index (χ1) is 12.6. The maximum absolute atomic E-state index is 14.3. The molecule has 0 saturated heterocycles. The third kappa shape index (κ3) is 2.94. The number of benzene rings is 2. The molecule has 0 atom stereocenters. The quantitative estimate of drug-likeness (QED) is 0.399. The van der Waals surface area contributed by atoms with Gasteiger partial charge in [0.2, 0.25) is 0 Å². The van der Waals surface area contributed by atoms with Crippen LogP contribution in [0.1, 0.15) is 62.5 Å². The molecule has 3 aromatic rings. The highest BCUT2D eigenvalue weighted by Gasteiger charge is 2.22. The molecule has 1 fully saturated rings. The fraction of sp³-hybridized carbons (Fsp3) is 0.435. The van der Waals surface area contributed by atoms with Gasteiger partial charge in [-0.3, -0.25) is 0 Å². The third-order valence-electron chi connectivity index (χ3n) is 6.05. The molecule has 1 aromatic heterocycles. The Morgan fingerprint density at radius 1 is 1.04 bits per heavy atom. The number of rotatable bonds is 3. The number of hydrogen-bond donors (Lipinski definition) is 0. The van der Waals surface area contributed by atoms with Gasteiger partial charge in [0.1, 0.15) is 0 Å². The average molecular weight is 352 g/mol. The summed E-state index contributed by atoms with van der Waals surface area (Å²) in [6.45, 7) is 3.93. The Balaban J connectivity index is 1.74. The first kappa shape index (κ1) is 17.3. The predicted molar refractivity (Wildman–Crippen MR) is 104 cm³/mol. The summed E-state index contributed by atoms with van der Waals surface area (Å²) >= 11 is 0. The third-order valence-corrected chi connectivity index (χ3v) is 6.05. The van der Waals surface area contributed by atoms with Crippen LogP contribution in [0.15, 0.2) is 39.5 Å². The minimum absolute atomic E-state index is 0.0651. The first-order valence-corrected chi connectivity index (χ1v) is 9.74. The first-order valence-electron chi connectivity index (χ1n) is 9.74. The number of halogens is 1. The van der Waals surface area contributed by atoms with E-state index in [4.69, 9.17) is 4.42 Å². The molecule has 1 heterocycles. The van der Waals surface area contributed by atoms with E-state index in [0.29, 0.717) is 22.3 Å². The zero-order valence-electron chi connectivity index (χ0n) is 15.5. The van der Waals surface area contributed by atoms with Gasteiger partial charge in [0.25, 0.3) is 0 Å². The molecule has 0 N–H and O–H groups in total. The van der Waals surface area contributed by atoms with E-state index in [1.54, 1.807) is 13.0 Å². The van der Waals surface area contributed by atoms with Crippen molar-refractivity contribution in [1.29, 1.82) is 0 Å². The van der Waals surface area contributed by atoms with Gasteiger partial charge in [0.05, 0.1) is 5.39 Å². The van der Waals surface area contributed by atoms with E-state index in [2.05, 4.69) is 13.0 Å². The van der Waals surface area contributed by atoms with Crippen molar-refractivity contribution in [2.24, 2.45) is 5.92 Å². The summed E-state index contributed by atoms with van der Waals surface area (Å²) in [4.78, 5) is 12.5. The van der Waals surface area contributed by atoms with Crippen LogP contribution in [-0.4, -0.2) is 0 Å². The van der Waals surface area contributed by atoms with Crippen LogP contribution in [0.25, 0.3) is 21.7 Å². The highest BCUT2D eigenvalue weighted by molar-refractivity contribution is 6.04. The lowest BCUT2D eigenvalue weighted by Crippen LogP contribution is -2.13. The van der Waals surface area contributed by atoms with Crippen LogP contribution < -0.4 is 5.63 Å². The fourth-order valence-corrected chi connectivity index (χ4v) is 4.53. The molecule has 1 aliphatic carbocycles. The van der Waals surface area contributed by atoms with Gasteiger partial charge in [-0.25, -0.2) is 9.18 Å². The SMILES string of the molecule is CCCC1CCC(c2ccc3c(c2)c(=O)oc2c(F)c(C)ccc23)CC1. The van der Waals surface area contributed by atoms with Crippen molar-refractivity contribution in [3.05, 3.63) is 57.7 Å². The Morgan fingerprint density at radius 3 is 2.50 bits per heavy atom. The molecule has 0 radical (unpaired) electrons. The molecule has 2 nitrogen and oxygen atoms in total. The van der Waals surface area contributed by atoms with Crippen molar-refractivity contribution < 1.29 is 8.81 Å². The Morgan fingerprint density at radius 2 is 1.77 bits per heavy atom. The Bertz CT molecular complexity index is 1010. The molecule has 4 rings (SSSR count). The second-order valence-electron chi connectivity index (χ2n) is 7.77. The number of hydrogen-bond acceptors (Lipinski definition) is 2. The monoisotopic (exact) mass is 352 g/mol. The van der Waals surface area contributed by atoms with Crippen LogP contribution in [0.2, 0.25) is 0 Å². The van der Waals surface area contributed by atoms with Gasteiger partial charge in [-0.2, -0.15) is 0 Å². The summed E-state index contributed by atoms with van der Waals surface area (Å²) in [7, 11) is 0. The van der Waals surface area contributed by atoms with Gasteiger partial charge < -0.3 is 4.42 Å². The molecule has 1 aliphatic rings. The molecule has 0 spiro atoms. The van der Waals surface area contributed by atoms with Crippen molar-refractivity contribution in [3.63, 3.8) is 0 Å². The van der Waals surface area contributed by atoms with Gasteiger partial charge in [-0.05, 0) is 61.6 Å². The van der Waals surface area contributed by atoms with Crippen LogP contribution >= 0.6 is 0 Å². The molecule has 3 heteroatoms. The molecule has 136 valence electrons. The number of aryl methyl sites for hydroxylation is 1. The van der Waals surface area contributed by atoms with E-state index < -0.39 is 11.4 Å². The summed E-state index contributed by atoms with van der Waals surface area (Å²) in [6.07, 6.45) is 7.49. The van der Waals surface area contributed by atoms with E-state index in [1.165, 1.54) is 44.1 Å². The smallest absolute Gasteiger partial charge is 0.344 e. The van der Waals surface area contributed by atoms with Crippen molar-refractivity contribution in [2.75, 3.05) is 0 Å². The summed E-state index contributed by atoms with van der Waals surface area (Å²) in [5.41, 5.74) is 1.32. The maximum atomic E-state index is 14.3. The Kier molecular flexibility index (Phi) is 4.56. The van der Waals surface area contributed by atoms with Crippen LogP contribution in [-0.2, 0) is 0 Å². The molecular weight excluding hydrogens is 327 g/mol. The van der Waals surface area contributed by atoms with Gasteiger partial charge in [-0.15, -0.1) is 0 Å². The van der Waals surface area contributed by atoms with Crippen molar-refractivity contribution in [3.8, 4) is 0 Å². The Labute approximate surface area is 153 Å². The Hall–Kier alpha value is -2.16. The summed E-state index contributed by atoms with van der Waals surface area (Å²) in [6, 6.07) is 9.64. The highest BCUT2D eigenvalue weighted by Crippen LogP contribution is 2.38. The van der Waals surface area contributed by atoms with Crippen LogP contribution in [0, 0.1) is 18.7 Å². The van der Waals surface area contributed by atoms with Gasteiger partial charge >= 0.3 is 5.63 Å². The zero-order valence-corrected chi connectivity index (χ0v) is 15.5. The summed E-state index contributed by atoms with van der Waals surface area (Å²) < 4.78 is 19.7. The van der Waals surface area contributed by atoms with E-state index in [1.807, 2.05) is 18.2 Å². The summed E-state index contributed by atoms with van der Waals surface area (Å²) in [5, 5.41) is 2.01. The van der Waals surface area contributed by atoms with E-state index in [9.17, 15) is 9.18 Å². The average Bonchev–Trinajstić information content (AvgIpc) is 2.66. The lowest BCUT2D eigenvalue weighted by Gasteiger charge is -2.28. The molecule has 26 heavy (non-hydrogen) atoms. The van der Waals surface area contributed by atoms with E-state index >= 15 is 0 Å². The van der Waals surface area contributed by atoms with Gasteiger partial charge in [-0.1, -0.05) is 44.0 Å². The second kappa shape index (κ2) is 6.86. The van der Waals surface area contributed by atoms with Crippen LogP contribution in [0.3, 0.4) is 0 Å². The van der Waals surface area contributed by atoms with Gasteiger partial charge in [0.15, 0.2) is 11.4 Å². The van der Waals surface area contributed by atoms with E-state index in [-0.39, 0.29) is 5.58 Å². The predicted octanol–water partition coefficient (Wildman–Crippen LogP) is 6.47. The van der Waals surface area contributed by atoms with E-state index in [0.717, 1.165) is 11.3 Å². The second-order valence-corrected chi connectivity index (χ2v) is 7.77. The lowest BCUT2D eigenvalue weighted by atomic mass is 9.77. The molecule has 2 aromatic carbocycles. The van der Waals surface area contributed by atoms with Crippen LogP contribution in [0.4, 0.5) is 4.39 Å². The normalized spacial score (nSPS) is 20.7. The maximum Gasteiger partial charge on any atom is 0.344 e. The van der Waals surface area contributed by atoms with Crippen molar-refractivity contribution in [2.45, 2.75) is 58.3 Å². The molecule has 0 aliphatic heterocycles. The van der Waals surface area contributed by atoms with Crippen molar-refractivity contribution >= 4 is 21.7 Å². The zero-order chi connectivity index (χ0) is 18.3. The summed E-state index contributed by atoms with van der Waals surface area (Å²) in [5.74, 6) is 0.925. The largest absolute Gasteiger partial charge is 0.419 e. The van der Waals surface area contributed by atoms with Crippen molar-refractivity contribution in [1.82, 2.24) is 0 Å². The fourth-order valence-electron chi connectivity index (χ4n) is 4.53. The molecular formula is C23H25FO2.